The second-order valence-corrected chi connectivity index (χ2v) is 4.74. The van der Waals surface area contributed by atoms with Crippen molar-refractivity contribution in [3.8, 4) is 5.88 Å². The summed E-state index contributed by atoms with van der Waals surface area (Å²) in [6, 6.07) is 5.23. The molecule has 7 nitrogen and oxygen atoms in total. The molecule has 0 saturated heterocycles. The van der Waals surface area contributed by atoms with E-state index in [9.17, 15) is 4.79 Å². The molecule has 0 atom stereocenters. The molecule has 0 aliphatic heterocycles. The maximum absolute atomic E-state index is 11.9. The molecule has 3 rings (SSSR count). The van der Waals surface area contributed by atoms with Crippen molar-refractivity contribution in [2.45, 2.75) is 6.54 Å². The van der Waals surface area contributed by atoms with Crippen molar-refractivity contribution >= 4 is 22.9 Å². The van der Waals surface area contributed by atoms with Crippen LogP contribution in [0.2, 0.25) is 0 Å². The first-order valence-electron chi connectivity index (χ1n) is 5.83. The molecule has 0 spiro atoms. The topological polar surface area (TPSA) is 81.4 Å². The molecule has 20 heavy (non-hydrogen) atoms. The van der Waals surface area contributed by atoms with Crippen molar-refractivity contribution in [1.29, 1.82) is 0 Å². The number of carbonyl (C=O) groups is 1. The van der Waals surface area contributed by atoms with Gasteiger partial charge < -0.3 is 10.1 Å². The van der Waals surface area contributed by atoms with Gasteiger partial charge in [-0.1, -0.05) is 0 Å². The summed E-state index contributed by atoms with van der Waals surface area (Å²) in [5, 5.41) is 18.6. The number of thiophene rings is 1. The average molecular weight is 289 g/mol. The molecule has 3 heterocycles. The summed E-state index contributed by atoms with van der Waals surface area (Å²) in [4.78, 5) is 11.9. The van der Waals surface area contributed by atoms with E-state index in [0.29, 0.717) is 22.9 Å². The number of methoxy groups -OCH3 is 1. The van der Waals surface area contributed by atoms with E-state index in [2.05, 4.69) is 20.6 Å². The smallest absolute Gasteiger partial charge is 0.252 e. The summed E-state index contributed by atoms with van der Waals surface area (Å²) in [7, 11) is 1.54. The van der Waals surface area contributed by atoms with Crippen LogP contribution in [0.5, 0.6) is 5.88 Å². The van der Waals surface area contributed by atoms with Crippen molar-refractivity contribution in [3.63, 3.8) is 0 Å². The van der Waals surface area contributed by atoms with Crippen LogP contribution < -0.4 is 10.1 Å². The first kappa shape index (κ1) is 12.5. The lowest BCUT2D eigenvalue weighted by molar-refractivity contribution is 0.0950. The molecule has 0 radical (unpaired) electrons. The molecule has 0 saturated carbocycles. The van der Waals surface area contributed by atoms with E-state index in [1.165, 1.54) is 18.4 Å². The van der Waals surface area contributed by atoms with E-state index in [-0.39, 0.29) is 12.5 Å². The van der Waals surface area contributed by atoms with Gasteiger partial charge in [-0.3, -0.25) is 4.79 Å². The standard InChI is InChI=1S/C12H11N5O2S/c1-19-11-3-2-9-14-15-10(17(9)16-11)6-13-12(18)8-4-5-20-7-8/h2-5,7H,6H2,1H3,(H,13,18). The van der Waals surface area contributed by atoms with Crippen LogP contribution in [0.15, 0.2) is 29.0 Å². The molecule has 3 aromatic heterocycles. The Hall–Kier alpha value is -2.48. The number of ether oxygens (including phenoxy) is 1. The Balaban J connectivity index is 1.79. The predicted octanol–water partition coefficient (Wildman–Crippen LogP) is 1.12. The number of rotatable bonds is 4. The van der Waals surface area contributed by atoms with Crippen molar-refractivity contribution in [2.24, 2.45) is 0 Å². The first-order valence-corrected chi connectivity index (χ1v) is 6.78. The summed E-state index contributed by atoms with van der Waals surface area (Å²) in [6.45, 7) is 0.246. The SMILES string of the molecule is COc1ccc2nnc(CNC(=O)c3ccsc3)n2n1. The quantitative estimate of drug-likeness (QED) is 0.778. The normalized spacial score (nSPS) is 10.7. The number of amides is 1. The fourth-order valence-electron chi connectivity index (χ4n) is 1.69. The highest BCUT2D eigenvalue weighted by Gasteiger charge is 2.10. The first-order chi connectivity index (χ1) is 9.78. The molecule has 0 bridgehead atoms. The third kappa shape index (κ3) is 2.32. The summed E-state index contributed by atoms with van der Waals surface area (Å²) in [6.07, 6.45) is 0. The Morgan fingerprint density at radius 1 is 1.40 bits per heavy atom. The number of fused-ring (bicyclic) bond motifs is 1. The van der Waals surface area contributed by atoms with Gasteiger partial charge in [-0.25, -0.2) is 0 Å². The summed E-state index contributed by atoms with van der Waals surface area (Å²) in [5.41, 5.74) is 1.24. The number of hydrogen-bond donors (Lipinski definition) is 1. The maximum Gasteiger partial charge on any atom is 0.252 e. The lowest BCUT2D eigenvalue weighted by Crippen LogP contribution is -2.23. The van der Waals surface area contributed by atoms with Gasteiger partial charge >= 0.3 is 0 Å². The Bertz CT molecular complexity index is 737. The molecule has 0 aliphatic carbocycles. The number of aromatic nitrogens is 4. The zero-order valence-electron chi connectivity index (χ0n) is 10.6. The van der Waals surface area contributed by atoms with E-state index in [1.54, 1.807) is 28.1 Å². The van der Waals surface area contributed by atoms with Crippen molar-refractivity contribution in [2.75, 3.05) is 7.11 Å². The van der Waals surface area contributed by atoms with E-state index in [0.717, 1.165) is 0 Å². The molecule has 0 unspecified atom stereocenters. The lowest BCUT2D eigenvalue weighted by atomic mass is 10.3. The molecule has 1 amide bonds. The third-order valence-electron chi connectivity index (χ3n) is 2.70. The summed E-state index contributed by atoms with van der Waals surface area (Å²) < 4.78 is 6.61. The van der Waals surface area contributed by atoms with Gasteiger partial charge in [0.1, 0.15) is 0 Å². The van der Waals surface area contributed by atoms with Gasteiger partial charge in [0.05, 0.1) is 13.7 Å². The number of nitrogens with zero attached hydrogens (tertiary/aromatic N) is 4. The van der Waals surface area contributed by atoms with Crippen LogP contribution in [-0.2, 0) is 6.54 Å². The number of nitrogens with one attached hydrogen (secondary N) is 1. The third-order valence-corrected chi connectivity index (χ3v) is 3.39. The van der Waals surface area contributed by atoms with Crippen LogP contribution in [-0.4, -0.2) is 32.8 Å². The fourth-order valence-corrected chi connectivity index (χ4v) is 2.33. The molecule has 0 aliphatic rings. The van der Waals surface area contributed by atoms with Crippen LogP contribution in [0, 0.1) is 0 Å². The molecule has 0 fully saturated rings. The average Bonchev–Trinajstić information content (AvgIpc) is 3.13. The van der Waals surface area contributed by atoms with Gasteiger partial charge in [0, 0.05) is 17.0 Å². The minimum atomic E-state index is -0.147. The minimum absolute atomic E-state index is 0.147. The van der Waals surface area contributed by atoms with Crippen LogP contribution in [0.25, 0.3) is 5.65 Å². The Kier molecular flexibility index (Phi) is 3.30. The highest BCUT2D eigenvalue weighted by molar-refractivity contribution is 7.08. The molecule has 1 N–H and O–H groups in total. The van der Waals surface area contributed by atoms with Gasteiger partial charge in [-0.2, -0.15) is 15.9 Å². The Morgan fingerprint density at radius 3 is 3.05 bits per heavy atom. The molecular formula is C12H11N5O2S. The van der Waals surface area contributed by atoms with E-state index >= 15 is 0 Å². The van der Waals surface area contributed by atoms with Gasteiger partial charge in [-0.15, -0.1) is 15.3 Å². The fraction of sp³-hybridized carbons (Fsp3) is 0.167. The molecule has 8 heteroatoms. The van der Waals surface area contributed by atoms with Crippen LogP contribution >= 0.6 is 11.3 Å². The van der Waals surface area contributed by atoms with Gasteiger partial charge in [-0.05, 0) is 17.5 Å². The zero-order chi connectivity index (χ0) is 13.9. The Labute approximate surface area is 118 Å². The lowest BCUT2D eigenvalue weighted by Gasteiger charge is -2.03. The van der Waals surface area contributed by atoms with E-state index < -0.39 is 0 Å². The summed E-state index contributed by atoms with van der Waals surface area (Å²) >= 11 is 1.48. The van der Waals surface area contributed by atoms with Crippen LogP contribution in [0.1, 0.15) is 16.2 Å². The van der Waals surface area contributed by atoms with Crippen LogP contribution in [0.4, 0.5) is 0 Å². The molecular weight excluding hydrogens is 278 g/mol. The van der Waals surface area contributed by atoms with E-state index in [1.807, 2.05) is 5.38 Å². The molecule has 102 valence electrons. The Morgan fingerprint density at radius 2 is 2.30 bits per heavy atom. The van der Waals surface area contributed by atoms with E-state index in [4.69, 9.17) is 4.74 Å². The van der Waals surface area contributed by atoms with Gasteiger partial charge in [0.15, 0.2) is 11.5 Å². The predicted molar refractivity (Wildman–Crippen MR) is 72.8 cm³/mol. The van der Waals surface area contributed by atoms with Gasteiger partial charge in [0.25, 0.3) is 5.91 Å². The summed E-state index contributed by atoms with van der Waals surface area (Å²) in [5.74, 6) is 0.857. The molecule has 3 aromatic rings. The second-order valence-electron chi connectivity index (χ2n) is 3.96. The highest BCUT2D eigenvalue weighted by Crippen LogP contribution is 2.09. The zero-order valence-corrected chi connectivity index (χ0v) is 11.4. The number of carbonyl (C=O) groups excluding carboxylic acids is 1. The molecule has 0 aromatic carbocycles. The van der Waals surface area contributed by atoms with Crippen molar-refractivity contribution in [3.05, 3.63) is 40.3 Å². The number of hydrogen-bond acceptors (Lipinski definition) is 6. The second kappa shape index (κ2) is 5.25. The largest absolute Gasteiger partial charge is 0.480 e. The minimum Gasteiger partial charge on any atom is -0.480 e. The highest BCUT2D eigenvalue weighted by atomic mass is 32.1. The van der Waals surface area contributed by atoms with Crippen molar-refractivity contribution in [1.82, 2.24) is 25.1 Å². The van der Waals surface area contributed by atoms with Gasteiger partial charge in [0.2, 0.25) is 5.88 Å². The van der Waals surface area contributed by atoms with Crippen LogP contribution in [0.3, 0.4) is 0 Å². The van der Waals surface area contributed by atoms with Crippen molar-refractivity contribution < 1.29 is 9.53 Å². The maximum atomic E-state index is 11.9. The monoisotopic (exact) mass is 289 g/mol.